The number of ether oxygens (including phenoxy) is 1. The summed E-state index contributed by atoms with van der Waals surface area (Å²) in [5.74, 6) is -0.367. The van der Waals surface area contributed by atoms with E-state index in [1.165, 1.54) is 11.3 Å². The zero-order chi connectivity index (χ0) is 23.8. The lowest BCUT2D eigenvalue weighted by Crippen LogP contribution is -2.46. The first kappa shape index (κ1) is 22.7. The van der Waals surface area contributed by atoms with Gasteiger partial charge >= 0.3 is 5.97 Å². The second-order valence-electron chi connectivity index (χ2n) is 9.31. The van der Waals surface area contributed by atoms with Crippen molar-refractivity contribution in [3.8, 4) is 16.3 Å². The third-order valence-corrected chi connectivity index (χ3v) is 7.92. The molecule has 8 nitrogen and oxygen atoms in total. The molecule has 2 heterocycles. The highest BCUT2D eigenvalue weighted by atomic mass is 32.1. The number of carboxylic acids is 1. The SMILES string of the molecule is Cc1cc(Nc2nccc(OC3(C(=O)O)CCCCC3)n2)cc(-c2cnc(C3(O)CCC3)s2)c1. The van der Waals surface area contributed by atoms with Gasteiger partial charge in [-0.25, -0.2) is 14.8 Å². The van der Waals surface area contributed by atoms with E-state index in [0.717, 1.165) is 65.2 Å². The fraction of sp³-hybridized carbons (Fsp3) is 0.440. The Morgan fingerprint density at radius 2 is 1.88 bits per heavy atom. The molecule has 3 N–H and O–H groups in total. The molecule has 9 heteroatoms. The highest BCUT2D eigenvalue weighted by Gasteiger charge is 2.42. The maximum Gasteiger partial charge on any atom is 0.348 e. The highest BCUT2D eigenvalue weighted by Crippen LogP contribution is 2.44. The molecular formula is C25H28N4O4S. The van der Waals surface area contributed by atoms with Crippen molar-refractivity contribution in [3.05, 3.63) is 47.2 Å². The number of hydrogen-bond donors (Lipinski definition) is 3. The predicted octanol–water partition coefficient (Wildman–Crippen LogP) is 5.19. The first-order valence-electron chi connectivity index (χ1n) is 11.7. The quantitative estimate of drug-likeness (QED) is 0.423. The molecule has 0 aliphatic heterocycles. The summed E-state index contributed by atoms with van der Waals surface area (Å²) in [5.41, 5.74) is 0.850. The molecule has 0 bridgehead atoms. The number of thiazole rings is 1. The fourth-order valence-electron chi connectivity index (χ4n) is 4.62. The molecule has 34 heavy (non-hydrogen) atoms. The number of carboxylic acid groups (broad SMARTS) is 1. The molecule has 2 aliphatic carbocycles. The number of hydrogen-bond acceptors (Lipinski definition) is 8. The molecule has 1 aromatic carbocycles. The third-order valence-electron chi connectivity index (χ3n) is 6.68. The molecule has 0 radical (unpaired) electrons. The van der Waals surface area contributed by atoms with Crippen LogP contribution in [0.15, 0.2) is 36.7 Å². The van der Waals surface area contributed by atoms with Crippen LogP contribution in [-0.2, 0) is 10.4 Å². The number of carbonyl (C=O) groups is 1. The average Bonchev–Trinajstić information content (AvgIpc) is 3.29. The van der Waals surface area contributed by atoms with Crippen LogP contribution in [0.3, 0.4) is 0 Å². The van der Waals surface area contributed by atoms with E-state index in [-0.39, 0.29) is 5.88 Å². The van der Waals surface area contributed by atoms with Gasteiger partial charge in [-0.15, -0.1) is 11.3 Å². The van der Waals surface area contributed by atoms with E-state index in [4.69, 9.17) is 4.74 Å². The van der Waals surface area contributed by atoms with Crippen molar-refractivity contribution in [1.29, 1.82) is 0 Å². The lowest BCUT2D eigenvalue weighted by Gasteiger charge is -2.34. The maximum atomic E-state index is 11.9. The standard InChI is InChI=1S/C25H28N4O4S/c1-16-12-17(19-15-27-21(34-19)24(32)7-5-8-24)14-18(13-16)28-23-26-11-6-20(29-23)33-25(22(30)31)9-3-2-4-10-25/h6,11-15,32H,2-5,7-10H2,1H3,(H,30,31)(H,26,28,29). The Bertz CT molecular complexity index is 1200. The Balaban J connectivity index is 1.36. The molecule has 0 spiro atoms. The number of benzene rings is 1. The van der Waals surface area contributed by atoms with Gasteiger partial charge in [-0.3, -0.25) is 0 Å². The first-order valence-corrected chi connectivity index (χ1v) is 12.5. The van der Waals surface area contributed by atoms with Gasteiger partial charge in [0.25, 0.3) is 0 Å². The summed E-state index contributed by atoms with van der Waals surface area (Å²) in [6.45, 7) is 2.01. The summed E-state index contributed by atoms with van der Waals surface area (Å²) in [6, 6.07) is 7.65. The number of aromatic nitrogens is 3. The van der Waals surface area contributed by atoms with Crippen molar-refractivity contribution in [2.75, 3.05) is 5.32 Å². The van der Waals surface area contributed by atoms with E-state index in [9.17, 15) is 15.0 Å². The first-order chi connectivity index (χ1) is 16.4. The number of anilines is 2. The van der Waals surface area contributed by atoms with Crippen molar-refractivity contribution in [3.63, 3.8) is 0 Å². The summed E-state index contributed by atoms with van der Waals surface area (Å²) in [5, 5.41) is 24.4. The van der Waals surface area contributed by atoms with Crippen LogP contribution in [0.5, 0.6) is 5.88 Å². The Morgan fingerprint density at radius 3 is 2.59 bits per heavy atom. The minimum Gasteiger partial charge on any atom is -0.478 e. The number of nitrogens with one attached hydrogen (secondary N) is 1. The largest absolute Gasteiger partial charge is 0.478 e. The molecule has 0 unspecified atom stereocenters. The van der Waals surface area contributed by atoms with E-state index in [2.05, 4.69) is 26.3 Å². The van der Waals surface area contributed by atoms with E-state index in [1.807, 2.05) is 25.3 Å². The van der Waals surface area contributed by atoms with Crippen molar-refractivity contribution in [2.45, 2.75) is 69.5 Å². The predicted molar refractivity (Wildman–Crippen MR) is 129 cm³/mol. The van der Waals surface area contributed by atoms with Crippen molar-refractivity contribution < 1.29 is 19.7 Å². The van der Waals surface area contributed by atoms with E-state index >= 15 is 0 Å². The van der Waals surface area contributed by atoms with Crippen LogP contribution in [0.2, 0.25) is 0 Å². The lowest BCUT2D eigenvalue weighted by atomic mass is 9.81. The maximum absolute atomic E-state index is 11.9. The van der Waals surface area contributed by atoms with Crippen LogP contribution in [0.1, 0.15) is 61.9 Å². The average molecular weight is 481 g/mol. The second-order valence-corrected chi connectivity index (χ2v) is 10.3. The molecular weight excluding hydrogens is 452 g/mol. The highest BCUT2D eigenvalue weighted by molar-refractivity contribution is 7.15. The summed E-state index contributed by atoms with van der Waals surface area (Å²) < 4.78 is 5.93. The lowest BCUT2D eigenvalue weighted by molar-refractivity contribution is -0.158. The number of rotatable bonds is 7. The van der Waals surface area contributed by atoms with Crippen LogP contribution < -0.4 is 10.1 Å². The number of aliphatic carboxylic acids is 1. The van der Waals surface area contributed by atoms with Gasteiger partial charge in [0.1, 0.15) is 10.6 Å². The summed E-state index contributed by atoms with van der Waals surface area (Å²) in [7, 11) is 0. The van der Waals surface area contributed by atoms with Crippen molar-refractivity contribution in [1.82, 2.24) is 15.0 Å². The molecule has 178 valence electrons. The van der Waals surface area contributed by atoms with Gasteiger partial charge in [0.2, 0.25) is 17.4 Å². The molecule has 2 aliphatic rings. The zero-order valence-corrected chi connectivity index (χ0v) is 19.9. The topological polar surface area (TPSA) is 117 Å². The molecule has 0 amide bonds. The summed E-state index contributed by atoms with van der Waals surface area (Å²) in [4.78, 5) is 26.1. The summed E-state index contributed by atoms with van der Waals surface area (Å²) >= 11 is 1.52. The number of aliphatic hydroxyl groups is 1. The van der Waals surface area contributed by atoms with Crippen LogP contribution in [0.25, 0.3) is 10.4 Å². The fourth-order valence-corrected chi connectivity index (χ4v) is 5.67. The van der Waals surface area contributed by atoms with Gasteiger partial charge < -0.3 is 20.3 Å². The van der Waals surface area contributed by atoms with Gasteiger partial charge in [0, 0.05) is 24.1 Å². The Morgan fingerprint density at radius 1 is 1.09 bits per heavy atom. The van der Waals surface area contributed by atoms with E-state index in [0.29, 0.717) is 18.8 Å². The van der Waals surface area contributed by atoms with Crippen LogP contribution in [0.4, 0.5) is 11.6 Å². The van der Waals surface area contributed by atoms with Crippen LogP contribution in [-0.4, -0.2) is 36.7 Å². The molecule has 0 atom stereocenters. The second kappa shape index (κ2) is 8.96. The monoisotopic (exact) mass is 480 g/mol. The van der Waals surface area contributed by atoms with Crippen molar-refractivity contribution in [2.24, 2.45) is 0 Å². The molecule has 0 saturated heterocycles. The van der Waals surface area contributed by atoms with Gasteiger partial charge in [-0.05, 0) is 75.1 Å². The Labute approximate surface area is 202 Å². The van der Waals surface area contributed by atoms with Gasteiger partial charge in [0.05, 0.1) is 4.88 Å². The molecule has 2 saturated carbocycles. The van der Waals surface area contributed by atoms with E-state index in [1.54, 1.807) is 12.3 Å². The van der Waals surface area contributed by atoms with Gasteiger partial charge in [-0.2, -0.15) is 4.98 Å². The molecule has 2 fully saturated rings. The molecule has 5 rings (SSSR count). The zero-order valence-electron chi connectivity index (χ0n) is 19.1. The molecule has 2 aromatic heterocycles. The van der Waals surface area contributed by atoms with Crippen LogP contribution >= 0.6 is 11.3 Å². The Hall–Kier alpha value is -3.04. The number of aryl methyl sites for hydroxylation is 1. The van der Waals surface area contributed by atoms with Gasteiger partial charge in [0.15, 0.2) is 0 Å². The minimum absolute atomic E-state index is 0.246. The van der Waals surface area contributed by atoms with E-state index < -0.39 is 17.2 Å². The van der Waals surface area contributed by atoms with Gasteiger partial charge in [-0.1, -0.05) is 12.5 Å². The number of nitrogens with zero attached hydrogens (tertiary/aromatic N) is 3. The smallest absolute Gasteiger partial charge is 0.348 e. The minimum atomic E-state index is -1.23. The third kappa shape index (κ3) is 4.50. The molecule has 3 aromatic rings. The van der Waals surface area contributed by atoms with Crippen LogP contribution in [0, 0.1) is 6.92 Å². The van der Waals surface area contributed by atoms with Crippen molar-refractivity contribution >= 4 is 28.9 Å². The summed E-state index contributed by atoms with van der Waals surface area (Å²) in [6.07, 6.45) is 9.55. The Kier molecular flexibility index (Phi) is 5.99. The normalized spacial score (nSPS) is 18.6.